The van der Waals surface area contributed by atoms with E-state index in [1.165, 1.54) is 0 Å². The second kappa shape index (κ2) is 7.59. The van der Waals surface area contributed by atoms with Crippen molar-refractivity contribution in [3.8, 4) is 5.75 Å². The lowest BCUT2D eigenvalue weighted by atomic mass is 9.73. The summed E-state index contributed by atoms with van der Waals surface area (Å²) < 4.78 is 6.45. The summed E-state index contributed by atoms with van der Waals surface area (Å²) in [7, 11) is 0. The van der Waals surface area contributed by atoms with Gasteiger partial charge in [-0.15, -0.1) is 0 Å². The SMILES string of the molecule is Cc1c(C)c2c(c(C)c1NC(=O)CC(C)(C)C)C(O)(c1ccc3ccccc3c1)C(C)(C)O2. The molecule has 1 aliphatic rings. The third kappa shape index (κ3) is 3.71. The number of rotatable bonds is 3. The van der Waals surface area contributed by atoms with E-state index in [2.05, 4.69) is 38.2 Å². The van der Waals surface area contributed by atoms with E-state index in [0.29, 0.717) is 12.2 Å². The molecule has 1 amide bonds. The van der Waals surface area contributed by atoms with Crippen molar-refractivity contribution in [2.75, 3.05) is 5.32 Å². The molecule has 174 valence electrons. The van der Waals surface area contributed by atoms with Crippen LogP contribution in [0.25, 0.3) is 10.8 Å². The molecule has 1 unspecified atom stereocenters. The van der Waals surface area contributed by atoms with Crippen LogP contribution in [0.15, 0.2) is 42.5 Å². The second-order valence-corrected chi connectivity index (χ2v) is 11.1. The van der Waals surface area contributed by atoms with E-state index in [9.17, 15) is 9.90 Å². The average Bonchev–Trinajstić information content (AvgIpc) is 2.95. The summed E-state index contributed by atoms with van der Waals surface area (Å²) in [5, 5.41) is 17.7. The van der Waals surface area contributed by atoms with Crippen LogP contribution in [0, 0.1) is 26.2 Å². The fourth-order valence-electron chi connectivity index (χ4n) is 5.07. The molecule has 4 nitrogen and oxygen atoms in total. The van der Waals surface area contributed by atoms with Gasteiger partial charge in [-0.1, -0.05) is 57.2 Å². The largest absolute Gasteiger partial charge is 0.483 e. The zero-order valence-corrected chi connectivity index (χ0v) is 21.0. The van der Waals surface area contributed by atoms with Crippen LogP contribution >= 0.6 is 0 Å². The second-order valence-electron chi connectivity index (χ2n) is 11.1. The Morgan fingerprint density at radius 1 is 0.970 bits per heavy atom. The molecule has 4 rings (SSSR count). The molecule has 33 heavy (non-hydrogen) atoms. The van der Waals surface area contributed by atoms with E-state index in [-0.39, 0.29) is 11.3 Å². The molecule has 0 saturated carbocycles. The molecule has 0 fully saturated rings. The lowest BCUT2D eigenvalue weighted by Gasteiger charge is -2.36. The predicted molar refractivity (Wildman–Crippen MR) is 135 cm³/mol. The zero-order valence-electron chi connectivity index (χ0n) is 21.0. The Labute approximate surface area is 197 Å². The summed E-state index contributed by atoms with van der Waals surface area (Å²) in [5.74, 6) is 0.681. The minimum atomic E-state index is -1.38. The third-order valence-electron chi connectivity index (χ3n) is 6.97. The number of carbonyl (C=O) groups is 1. The summed E-state index contributed by atoms with van der Waals surface area (Å²) in [4.78, 5) is 12.8. The number of carbonyl (C=O) groups excluding carboxylic acids is 1. The number of fused-ring (bicyclic) bond motifs is 2. The van der Waals surface area contributed by atoms with E-state index in [4.69, 9.17) is 4.74 Å². The number of benzene rings is 3. The standard InChI is InChI=1S/C29H35NO3/c1-17-18(2)26-24(19(3)25(17)30-23(31)16-27(4,5)6)29(32,28(7,8)33-26)22-14-13-20-11-9-10-12-21(20)15-22/h9-15,32H,16H2,1-8H3,(H,30,31). The van der Waals surface area contributed by atoms with Gasteiger partial charge < -0.3 is 15.2 Å². The molecule has 0 spiro atoms. The molecule has 0 saturated heterocycles. The molecule has 4 heteroatoms. The van der Waals surface area contributed by atoms with Crippen LogP contribution in [0.1, 0.15) is 68.9 Å². The van der Waals surface area contributed by atoms with Crippen molar-refractivity contribution < 1.29 is 14.6 Å². The van der Waals surface area contributed by atoms with Crippen molar-refractivity contribution in [1.82, 2.24) is 0 Å². The molecule has 3 aromatic rings. The summed E-state index contributed by atoms with van der Waals surface area (Å²) in [5.41, 5.74) is 2.64. The minimum absolute atomic E-state index is 0.0273. The lowest BCUT2D eigenvalue weighted by Crippen LogP contribution is -2.47. The number of ether oxygens (including phenoxy) is 1. The van der Waals surface area contributed by atoms with Crippen LogP contribution in [0.3, 0.4) is 0 Å². The molecule has 1 aliphatic heterocycles. The van der Waals surface area contributed by atoms with Gasteiger partial charge in [0.25, 0.3) is 0 Å². The van der Waals surface area contributed by atoms with Gasteiger partial charge in [-0.05, 0) is 79.1 Å². The zero-order chi connectivity index (χ0) is 24.3. The Morgan fingerprint density at radius 2 is 1.61 bits per heavy atom. The monoisotopic (exact) mass is 445 g/mol. The van der Waals surface area contributed by atoms with E-state index in [1.54, 1.807) is 0 Å². The Morgan fingerprint density at radius 3 is 2.24 bits per heavy atom. The molecule has 3 aromatic carbocycles. The van der Waals surface area contributed by atoms with Crippen LogP contribution in [-0.4, -0.2) is 16.6 Å². The van der Waals surface area contributed by atoms with Gasteiger partial charge in [0.15, 0.2) is 5.60 Å². The minimum Gasteiger partial charge on any atom is -0.483 e. The van der Waals surface area contributed by atoms with Crippen LogP contribution in [-0.2, 0) is 10.4 Å². The van der Waals surface area contributed by atoms with Gasteiger partial charge in [0.05, 0.1) is 0 Å². The number of hydrogen-bond donors (Lipinski definition) is 2. The van der Waals surface area contributed by atoms with Crippen LogP contribution < -0.4 is 10.1 Å². The van der Waals surface area contributed by atoms with E-state index in [0.717, 1.165) is 44.3 Å². The van der Waals surface area contributed by atoms with Crippen molar-refractivity contribution in [2.24, 2.45) is 5.41 Å². The Hall–Kier alpha value is -2.85. The molecule has 0 aliphatic carbocycles. The molecule has 1 atom stereocenters. The number of amides is 1. The topological polar surface area (TPSA) is 58.6 Å². The number of hydrogen-bond acceptors (Lipinski definition) is 3. The summed E-state index contributed by atoms with van der Waals surface area (Å²) in [6.45, 7) is 16.0. The highest BCUT2D eigenvalue weighted by atomic mass is 16.5. The molecule has 2 N–H and O–H groups in total. The average molecular weight is 446 g/mol. The number of anilines is 1. The van der Waals surface area contributed by atoms with Crippen molar-refractivity contribution >= 4 is 22.4 Å². The van der Waals surface area contributed by atoms with Gasteiger partial charge in [-0.2, -0.15) is 0 Å². The maximum atomic E-state index is 12.8. The number of nitrogens with one attached hydrogen (secondary N) is 1. The first kappa shape index (κ1) is 23.3. The molecular weight excluding hydrogens is 410 g/mol. The Bertz CT molecular complexity index is 1270. The molecule has 0 bridgehead atoms. The Balaban J connectivity index is 1.92. The first-order valence-corrected chi connectivity index (χ1v) is 11.6. The van der Waals surface area contributed by atoms with E-state index >= 15 is 0 Å². The fraction of sp³-hybridized carbons (Fsp3) is 0.414. The predicted octanol–water partition coefficient (Wildman–Crippen LogP) is 6.55. The quantitative estimate of drug-likeness (QED) is 0.481. The number of aliphatic hydroxyl groups is 1. The maximum absolute atomic E-state index is 12.8. The van der Waals surface area contributed by atoms with E-state index in [1.807, 2.05) is 65.0 Å². The van der Waals surface area contributed by atoms with Gasteiger partial charge >= 0.3 is 0 Å². The van der Waals surface area contributed by atoms with Gasteiger partial charge in [-0.25, -0.2) is 0 Å². The lowest BCUT2D eigenvalue weighted by molar-refractivity contribution is -0.117. The molecule has 1 heterocycles. The van der Waals surface area contributed by atoms with Crippen LogP contribution in [0.5, 0.6) is 5.75 Å². The van der Waals surface area contributed by atoms with Crippen LogP contribution in [0.2, 0.25) is 0 Å². The van der Waals surface area contributed by atoms with Gasteiger partial charge in [0.1, 0.15) is 11.4 Å². The van der Waals surface area contributed by atoms with Crippen molar-refractivity contribution in [3.63, 3.8) is 0 Å². The summed E-state index contributed by atoms with van der Waals surface area (Å²) in [6, 6.07) is 14.2. The van der Waals surface area contributed by atoms with Crippen molar-refractivity contribution in [3.05, 3.63) is 70.3 Å². The summed E-state index contributed by atoms with van der Waals surface area (Å²) in [6.07, 6.45) is 0.416. The maximum Gasteiger partial charge on any atom is 0.224 e. The highest BCUT2D eigenvalue weighted by Gasteiger charge is 2.57. The highest BCUT2D eigenvalue weighted by Crippen LogP contribution is 2.56. The van der Waals surface area contributed by atoms with Crippen molar-refractivity contribution in [1.29, 1.82) is 0 Å². The molecule has 0 aromatic heterocycles. The fourth-order valence-corrected chi connectivity index (χ4v) is 5.07. The van der Waals surface area contributed by atoms with Gasteiger partial charge in [0.2, 0.25) is 5.91 Å². The van der Waals surface area contributed by atoms with Gasteiger partial charge in [0, 0.05) is 17.7 Å². The van der Waals surface area contributed by atoms with Crippen LogP contribution in [0.4, 0.5) is 5.69 Å². The van der Waals surface area contributed by atoms with Crippen molar-refractivity contribution in [2.45, 2.75) is 73.0 Å². The third-order valence-corrected chi connectivity index (χ3v) is 6.97. The summed E-state index contributed by atoms with van der Waals surface area (Å²) >= 11 is 0. The normalized spacial score (nSPS) is 19.3. The van der Waals surface area contributed by atoms with Gasteiger partial charge in [-0.3, -0.25) is 4.79 Å². The first-order valence-electron chi connectivity index (χ1n) is 11.6. The highest BCUT2D eigenvalue weighted by molar-refractivity contribution is 5.94. The molecular formula is C29H35NO3. The smallest absolute Gasteiger partial charge is 0.224 e. The first-order chi connectivity index (χ1) is 15.3. The van der Waals surface area contributed by atoms with E-state index < -0.39 is 11.2 Å². The Kier molecular flexibility index (Phi) is 5.37. The molecule has 0 radical (unpaired) electrons.